The van der Waals surface area contributed by atoms with Crippen LogP contribution in [0.1, 0.15) is 5.56 Å². The molecule has 0 bridgehead atoms. The van der Waals surface area contributed by atoms with Gasteiger partial charge in [-0.25, -0.2) is 5.43 Å². The molecule has 3 rings (SSSR count). The van der Waals surface area contributed by atoms with Gasteiger partial charge in [0.2, 0.25) is 0 Å². The third-order valence-corrected chi connectivity index (χ3v) is 4.98. The molecule has 0 aromatic heterocycles. The van der Waals surface area contributed by atoms with Crippen LogP contribution in [0.5, 0.6) is 5.75 Å². The maximum Gasteiger partial charge on any atom is 0.259 e. The summed E-state index contributed by atoms with van der Waals surface area (Å²) < 4.78 is 1.32. The van der Waals surface area contributed by atoms with E-state index in [4.69, 9.17) is 0 Å². The Balaban J connectivity index is 1.56. The predicted molar refractivity (Wildman–Crippen MR) is 112 cm³/mol. The van der Waals surface area contributed by atoms with Crippen molar-refractivity contribution in [2.24, 2.45) is 5.10 Å². The maximum absolute atomic E-state index is 11.9. The number of rotatable bonds is 5. The zero-order chi connectivity index (χ0) is 18.5. The lowest BCUT2D eigenvalue weighted by Crippen LogP contribution is -2.25. The monoisotopic (exact) mass is 475 g/mol. The topological polar surface area (TPSA) is 73.7 Å². The Bertz CT molecular complexity index is 990. The Morgan fingerprint density at radius 3 is 2.62 bits per heavy atom. The lowest BCUT2D eigenvalue weighted by Gasteiger charge is -2.07. The van der Waals surface area contributed by atoms with Gasteiger partial charge in [-0.15, -0.1) is 0 Å². The van der Waals surface area contributed by atoms with E-state index in [1.165, 1.54) is 12.3 Å². The van der Waals surface area contributed by atoms with Crippen LogP contribution in [0.3, 0.4) is 0 Å². The highest BCUT2D eigenvalue weighted by molar-refractivity contribution is 9.11. The molecule has 0 spiro atoms. The summed E-state index contributed by atoms with van der Waals surface area (Å²) in [6.07, 6.45) is 1.46. The second-order valence-corrected chi connectivity index (χ2v) is 7.24. The zero-order valence-corrected chi connectivity index (χ0v) is 16.7. The van der Waals surface area contributed by atoms with Crippen LogP contribution >= 0.6 is 31.9 Å². The molecule has 3 N–H and O–H groups in total. The van der Waals surface area contributed by atoms with Crippen molar-refractivity contribution < 1.29 is 9.90 Å². The second-order valence-electron chi connectivity index (χ2n) is 5.53. The molecule has 3 aromatic carbocycles. The number of carbonyl (C=O) groups excluding carboxylic acids is 1. The Hall–Kier alpha value is -2.38. The first kappa shape index (κ1) is 18.4. The van der Waals surface area contributed by atoms with Gasteiger partial charge < -0.3 is 10.4 Å². The molecule has 0 heterocycles. The molecular weight excluding hydrogens is 462 g/mol. The van der Waals surface area contributed by atoms with Gasteiger partial charge in [0.05, 0.1) is 17.2 Å². The first-order valence-electron chi connectivity index (χ1n) is 7.75. The van der Waals surface area contributed by atoms with Crippen LogP contribution in [0, 0.1) is 0 Å². The summed E-state index contributed by atoms with van der Waals surface area (Å²) in [6.45, 7) is 0.0996. The minimum atomic E-state index is -0.271. The van der Waals surface area contributed by atoms with Crippen molar-refractivity contribution in [1.82, 2.24) is 5.43 Å². The van der Waals surface area contributed by atoms with Gasteiger partial charge in [0, 0.05) is 15.7 Å². The Kier molecular flexibility index (Phi) is 5.90. The quantitative estimate of drug-likeness (QED) is 0.371. The lowest BCUT2D eigenvalue weighted by atomic mass is 10.1. The molecule has 26 heavy (non-hydrogen) atoms. The average molecular weight is 477 g/mol. The van der Waals surface area contributed by atoms with Crippen molar-refractivity contribution in [2.75, 3.05) is 11.9 Å². The fourth-order valence-corrected chi connectivity index (χ4v) is 3.44. The van der Waals surface area contributed by atoms with E-state index in [0.29, 0.717) is 10.0 Å². The smallest absolute Gasteiger partial charge is 0.259 e. The summed E-state index contributed by atoms with van der Waals surface area (Å²) in [4.78, 5) is 11.9. The van der Waals surface area contributed by atoms with E-state index in [1.54, 1.807) is 6.07 Å². The third-order valence-electron chi connectivity index (χ3n) is 3.66. The molecule has 5 nitrogen and oxygen atoms in total. The highest BCUT2D eigenvalue weighted by Crippen LogP contribution is 2.29. The summed E-state index contributed by atoms with van der Waals surface area (Å²) >= 11 is 6.60. The maximum atomic E-state index is 11.9. The number of halogens is 2. The Labute approximate surface area is 167 Å². The van der Waals surface area contributed by atoms with Gasteiger partial charge in [-0.3, -0.25) is 4.79 Å². The van der Waals surface area contributed by atoms with Crippen LogP contribution in [0.2, 0.25) is 0 Å². The summed E-state index contributed by atoms with van der Waals surface area (Å²) in [5.41, 5.74) is 3.96. The number of fused-ring (bicyclic) bond motifs is 1. The van der Waals surface area contributed by atoms with E-state index in [2.05, 4.69) is 47.7 Å². The van der Waals surface area contributed by atoms with Crippen molar-refractivity contribution in [1.29, 1.82) is 0 Å². The van der Waals surface area contributed by atoms with Crippen molar-refractivity contribution in [3.63, 3.8) is 0 Å². The first-order chi connectivity index (χ1) is 12.5. The number of nitrogens with zero attached hydrogens (tertiary/aromatic N) is 1. The highest BCUT2D eigenvalue weighted by atomic mass is 79.9. The lowest BCUT2D eigenvalue weighted by molar-refractivity contribution is -0.119. The van der Waals surface area contributed by atoms with E-state index in [0.717, 1.165) is 20.9 Å². The number of hydrazone groups is 1. The molecule has 0 radical (unpaired) electrons. The molecule has 3 aromatic rings. The van der Waals surface area contributed by atoms with Gasteiger partial charge in [-0.05, 0) is 51.0 Å². The summed E-state index contributed by atoms with van der Waals surface area (Å²) in [5, 5.41) is 18.9. The molecule has 0 aliphatic carbocycles. The molecule has 7 heteroatoms. The van der Waals surface area contributed by atoms with Crippen molar-refractivity contribution in [3.8, 4) is 5.75 Å². The van der Waals surface area contributed by atoms with Crippen molar-refractivity contribution in [3.05, 3.63) is 69.1 Å². The van der Waals surface area contributed by atoms with E-state index in [1.807, 2.05) is 42.5 Å². The summed E-state index contributed by atoms with van der Waals surface area (Å²) in [6, 6.07) is 17.2. The van der Waals surface area contributed by atoms with Crippen LogP contribution in [-0.4, -0.2) is 23.8 Å². The Morgan fingerprint density at radius 1 is 1.04 bits per heavy atom. The molecule has 132 valence electrons. The zero-order valence-electron chi connectivity index (χ0n) is 13.5. The number of aromatic hydroxyl groups is 1. The van der Waals surface area contributed by atoms with Crippen LogP contribution in [-0.2, 0) is 4.79 Å². The van der Waals surface area contributed by atoms with E-state index >= 15 is 0 Å². The van der Waals surface area contributed by atoms with Gasteiger partial charge in [-0.2, -0.15) is 5.10 Å². The second kappa shape index (κ2) is 8.33. The molecule has 1 amide bonds. The van der Waals surface area contributed by atoms with Crippen LogP contribution in [0.15, 0.2) is 68.6 Å². The number of hydrogen-bond acceptors (Lipinski definition) is 4. The number of anilines is 1. The normalized spacial score (nSPS) is 11.0. The van der Waals surface area contributed by atoms with E-state index < -0.39 is 0 Å². The predicted octanol–water partition coefficient (Wildman–Crippen LogP) is 4.63. The van der Waals surface area contributed by atoms with Crippen molar-refractivity contribution in [2.45, 2.75) is 0 Å². The number of carbonyl (C=O) groups is 1. The average Bonchev–Trinajstić information content (AvgIpc) is 2.64. The van der Waals surface area contributed by atoms with Crippen LogP contribution in [0.4, 0.5) is 5.69 Å². The van der Waals surface area contributed by atoms with E-state index in [-0.39, 0.29) is 18.2 Å². The number of benzene rings is 3. The molecule has 0 saturated carbocycles. The first-order valence-corrected chi connectivity index (χ1v) is 9.34. The molecule has 0 saturated heterocycles. The SMILES string of the molecule is O=C(CNc1ccc2ccccc2c1)NN=Cc1cc(O)c(Br)cc1Br. The fourth-order valence-electron chi connectivity index (χ4n) is 2.35. The summed E-state index contributed by atoms with van der Waals surface area (Å²) in [7, 11) is 0. The molecule has 0 fully saturated rings. The molecule has 0 unspecified atom stereocenters. The number of amides is 1. The van der Waals surface area contributed by atoms with Gasteiger partial charge in [-0.1, -0.05) is 46.3 Å². The number of phenolic OH excluding ortho intramolecular Hbond substituents is 1. The van der Waals surface area contributed by atoms with Crippen LogP contribution < -0.4 is 10.7 Å². The number of hydrogen-bond donors (Lipinski definition) is 3. The minimum Gasteiger partial charge on any atom is -0.507 e. The molecular formula is C19H15Br2N3O2. The molecule has 0 aliphatic heterocycles. The molecule has 0 aliphatic rings. The van der Waals surface area contributed by atoms with Crippen molar-refractivity contribution >= 4 is 60.4 Å². The highest BCUT2D eigenvalue weighted by Gasteiger charge is 2.05. The van der Waals surface area contributed by atoms with Gasteiger partial charge in [0.15, 0.2) is 0 Å². The standard InChI is InChI=1S/C19H15Br2N3O2/c20-16-9-17(21)18(25)8-14(16)10-23-24-19(26)11-22-15-6-5-12-3-1-2-4-13(12)7-15/h1-10,22,25H,11H2,(H,24,26). The number of nitrogens with one attached hydrogen (secondary N) is 2. The van der Waals surface area contributed by atoms with E-state index in [9.17, 15) is 9.90 Å². The van der Waals surface area contributed by atoms with Crippen LogP contribution in [0.25, 0.3) is 10.8 Å². The fraction of sp³-hybridized carbons (Fsp3) is 0.0526. The molecule has 0 atom stereocenters. The number of phenols is 1. The summed E-state index contributed by atoms with van der Waals surface area (Å²) in [5.74, 6) is -0.175. The minimum absolute atomic E-state index is 0.0962. The van der Waals surface area contributed by atoms with Gasteiger partial charge in [0.25, 0.3) is 5.91 Å². The van der Waals surface area contributed by atoms with Gasteiger partial charge >= 0.3 is 0 Å². The largest absolute Gasteiger partial charge is 0.507 e. The Morgan fingerprint density at radius 2 is 1.81 bits per heavy atom. The third kappa shape index (κ3) is 4.62. The van der Waals surface area contributed by atoms with Gasteiger partial charge in [0.1, 0.15) is 5.75 Å².